The number of rotatable bonds is 1. The second-order valence-electron chi connectivity index (χ2n) is 2.93. The Balaban J connectivity index is 2.89. The summed E-state index contributed by atoms with van der Waals surface area (Å²) in [4.78, 5) is 10.7. The smallest absolute Gasteiger partial charge is 0.151 e. The minimum absolute atomic E-state index is 0.782. The number of aryl methyl sites for hydroxylation is 1. The fraction of sp³-hybridized carbons (Fsp3) is 0.100. The Labute approximate surface area is 88.5 Å². The van der Waals surface area contributed by atoms with Crippen molar-refractivity contribution in [1.29, 1.82) is 0 Å². The normalized spacial score (nSPS) is 10.6. The molecule has 1 heterocycles. The van der Waals surface area contributed by atoms with Gasteiger partial charge in [-0.05, 0) is 40.5 Å². The molecule has 1 aromatic heterocycles. The van der Waals surface area contributed by atoms with Crippen molar-refractivity contribution in [3.63, 3.8) is 0 Å². The first-order valence-corrected chi connectivity index (χ1v) is 5.52. The fourth-order valence-corrected chi connectivity index (χ4v) is 3.10. The molecule has 0 saturated carbocycles. The molecular weight excluding hydrogens is 248 g/mol. The average Bonchev–Trinajstić information content (AvgIpc) is 2.47. The van der Waals surface area contributed by atoms with Crippen LogP contribution in [0.15, 0.2) is 22.0 Å². The Hall–Kier alpha value is -0.670. The Morgan fingerprint density at radius 1 is 1.46 bits per heavy atom. The second kappa shape index (κ2) is 3.24. The zero-order valence-electron chi connectivity index (χ0n) is 7.00. The van der Waals surface area contributed by atoms with Gasteiger partial charge in [-0.3, -0.25) is 4.79 Å². The molecule has 3 heteroatoms. The number of aldehydes is 1. The van der Waals surface area contributed by atoms with Gasteiger partial charge in [0, 0.05) is 25.5 Å². The predicted octanol–water partition coefficient (Wildman–Crippen LogP) is 3.78. The summed E-state index contributed by atoms with van der Waals surface area (Å²) in [5, 5.41) is 2.94. The number of benzene rings is 1. The van der Waals surface area contributed by atoms with Gasteiger partial charge in [0.05, 0.1) is 0 Å². The van der Waals surface area contributed by atoms with Gasteiger partial charge in [-0.15, -0.1) is 11.3 Å². The van der Waals surface area contributed by atoms with Gasteiger partial charge in [-0.2, -0.15) is 0 Å². The minimum Gasteiger partial charge on any atom is -0.298 e. The van der Waals surface area contributed by atoms with Crippen LogP contribution in [0.2, 0.25) is 0 Å². The third-order valence-corrected chi connectivity index (χ3v) is 3.86. The molecule has 66 valence electrons. The molecule has 0 spiro atoms. The molecule has 0 N–H and O–H groups in total. The predicted molar refractivity (Wildman–Crippen MR) is 59.6 cm³/mol. The zero-order valence-corrected chi connectivity index (χ0v) is 9.41. The monoisotopic (exact) mass is 254 g/mol. The lowest BCUT2D eigenvalue weighted by atomic mass is 10.1. The summed E-state index contributed by atoms with van der Waals surface area (Å²) in [6.45, 7) is 2.02. The van der Waals surface area contributed by atoms with Crippen molar-refractivity contribution in [2.24, 2.45) is 0 Å². The molecule has 0 radical (unpaired) electrons. The highest BCUT2D eigenvalue weighted by Gasteiger charge is 2.06. The van der Waals surface area contributed by atoms with Crippen LogP contribution < -0.4 is 0 Å². The number of carbonyl (C=O) groups excluding carboxylic acids is 1. The van der Waals surface area contributed by atoms with E-state index in [0.29, 0.717) is 0 Å². The first kappa shape index (κ1) is 8.91. The number of hydrogen-bond donors (Lipinski definition) is 0. The highest BCUT2D eigenvalue weighted by atomic mass is 79.9. The van der Waals surface area contributed by atoms with Crippen molar-refractivity contribution in [3.8, 4) is 0 Å². The van der Waals surface area contributed by atoms with Crippen LogP contribution in [0, 0.1) is 6.92 Å². The van der Waals surface area contributed by atoms with E-state index in [1.807, 2.05) is 18.4 Å². The van der Waals surface area contributed by atoms with Crippen LogP contribution in [0.3, 0.4) is 0 Å². The summed E-state index contributed by atoms with van der Waals surface area (Å²) in [6.07, 6.45) is 0.907. The van der Waals surface area contributed by atoms with Gasteiger partial charge in [0.2, 0.25) is 0 Å². The van der Waals surface area contributed by atoms with Crippen molar-refractivity contribution in [2.45, 2.75) is 6.92 Å². The molecule has 0 aliphatic heterocycles. The van der Waals surface area contributed by atoms with Gasteiger partial charge in [-0.25, -0.2) is 0 Å². The molecule has 0 amide bonds. The van der Waals surface area contributed by atoms with E-state index < -0.39 is 0 Å². The SMILES string of the molecule is Cc1cc(Br)c2scc(C=O)c2c1. The standard InChI is InChI=1S/C10H7BrOS/c1-6-2-8-7(4-12)5-13-10(8)9(11)3-6/h2-5H,1H3. The van der Waals surface area contributed by atoms with Crippen LogP contribution >= 0.6 is 27.3 Å². The van der Waals surface area contributed by atoms with Crippen LogP contribution in [0.25, 0.3) is 10.1 Å². The van der Waals surface area contributed by atoms with Crippen molar-refractivity contribution in [2.75, 3.05) is 0 Å². The molecule has 0 atom stereocenters. The van der Waals surface area contributed by atoms with Gasteiger partial charge < -0.3 is 0 Å². The van der Waals surface area contributed by atoms with E-state index in [4.69, 9.17) is 0 Å². The summed E-state index contributed by atoms with van der Waals surface area (Å²) < 4.78 is 2.22. The number of carbonyl (C=O) groups is 1. The highest BCUT2D eigenvalue weighted by Crippen LogP contribution is 2.32. The van der Waals surface area contributed by atoms with Gasteiger partial charge in [0.25, 0.3) is 0 Å². The zero-order chi connectivity index (χ0) is 9.42. The Bertz CT molecular complexity index is 473. The molecular formula is C10H7BrOS. The maximum absolute atomic E-state index is 10.7. The van der Waals surface area contributed by atoms with Gasteiger partial charge >= 0.3 is 0 Å². The van der Waals surface area contributed by atoms with Crippen molar-refractivity contribution in [3.05, 3.63) is 33.1 Å². The Morgan fingerprint density at radius 2 is 2.23 bits per heavy atom. The molecule has 2 aromatic rings. The lowest BCUT2D eigenvalue weighted by molar-refractivity contribution is 0.112. The first-order chi connectivity index (χ1) is 6.22. The highest BCUT2D eigenvalue weighted by molar-refractivity contribution is 9.10. The molecule has 0 unspecified atom stereocenters. The van der Waals surface area contributed by atoms with E-state index in [0.717, 1.165) is 26.4 Å². The molecule has 1 aromatic carbocycles. The van der Waals surface area contributed by atoms with Crippen molar-refractivity contribution < 1.29 is 4.79 Å². The molecule has 1 nitrogen and oxygen atoms in total. The van der Waals surface area contributed by atoms with Gasteiger partial charge in [-0.1, -0.05) is 0 Å². The molecule has 2 rings (SSSR count). The molecule has 0 saturated heterocycles. The minimum atomic E-state index is 0.782. The average molecular weight is 255 g/mol. The number of fused-ring (bicyclic) bond motifs is 1. The summed E-state index contributed by atoms with van der Waals surface area (Å²) in [5.41, 5.74) is 1.95. The van der Waals surface area contributed by atoms with Gasteiger partial charge in [0.1, 0.15) is 0 Å². The summed E-state index contributed by atoms with van der Waals surface area (Å²) in [7, 11) is 0. The topological polar surface area (TPSA) is 17.1 Å². The van der Waals surface area contributed by atoms with E-state index in [-0.39, 0.29) is 0 Å². The number of halogens is 1. The van der Waals surface area contributed by atoms with Crippen LogP contribution in [-0.4, -0.2) is 6.29 Å². The molecule has 0 aliphatic rings. The van der Waals surface area contributed by atoms with Crippen LogP contribution in [0.4, 0.5) is 0 Å². The third kappa shape index (κ3) is 1.42. The van der Waals surface area contributed by atoms with Crippen LogP contribution in [0.1, 0.15) is 15.9 Å². The van der Waals surface area contributed by atoms with E-state index in [2.05, 4.69) is 22.0 Å². The van der Waals surface area contributed by atoms with Crippen LogP contribution in [0.5, 0.6) is 0 Å². The Kier molecular flexibility index (Phi) is 2.22. The number of thiophene rings is 1. The van der Waals surface area contributed by atoms with Gasteiger partial charge in [0.15, 0.2) is 6.29 Å². The summed E-state index contributed by atoms with van der Waals surface area (Å²) in [5.74, 6) is 0. The van der Waals surface area contributed by atoms with Crippen LogP contribution in [-0.2, 0) is 0 Å². The lowest BCUT2D eigenvalue weighted by Gasteiger charge is -1.97. The first-order valence-electron chi connectivity index (χ1n) is 3.85. The molecule has 0 bridgehead atoms. The summed E-state index contributed by atoms with van der Waals surface area (Å²) >= 11 is 5.08. The Morgan fingerprint density at radius 3 is 2.92 bits per heavy atom. The van der Waals surface area contributed by atoms with E-state index >= 15 is 0 Å². The number of hydrogen-bond acceptors (Lipinski definition) is 2. The van der Waals surface area contributed by atoms with Crippen molar-refractivity contribution in [1.82, 2.24) is 0 Å². The second-order valence-corrected chi connectivity index (χ2v) is 4.67. The third-order valence-electron chi connectivity index (χ3n) is 1.93. The largest absolute Gasteiger partial charge is 0.298 e. The lowest BCUT2D eigenvalue weighted by Crippen LogP contribution is -1.77. The fourth-order valence-electron chi connectivity index (χ4n) is 1.34. The van der Waals surface area contributed by atoms with E-state index in [1.165, 1.54) is 5.56 Å². The van der Waals surface area contributed by atoms with E-state index in [9.17, 15) is 4.79 Å². The van der Waals surface area contributed by atoms with Crippen molar-refractivity contribution >= 4 is 43.6 Å². The summed E-state index contributed by atoms with van der Waals surface area (Å²) in [6, 6.07) is 4.10. The maximum atomic E-state index is 10.7. The molecule has 0 fully saturated rings. The van der Waals surface area contributed by atoms with E-state index in [1.54, 1.807) is 11.3 Å². The molecule has 0 aliphatic carbocycles. The molecule has 13 heavy (non-hydrogen) atoms. The quantitative estimate of drug-likeness (QED) is 0.708. The maximum Gasteiger partial charge on any atom is 0.151 e.